The molecule has 2 aromatic rings. The number of nitrogens with zero attached hydrogens (tertiary/aromatic N) is 4. The molecule has 16 heavy (non-hydrogen) atoms. The Bertz CT molecular complexity index is 504. The summed E-state index contributed by atoms with van der Waals surface area (Å²) in [5.74, 6) is -0.315. The summed E-state index contributed by atoms with van der Waals surface area (Å²) in [5, 5.41) is 9.88. The largest absolute Gasteiger partial charge is 0.288 e. The first kappa shape index (κ1) is 10.4. The fourth-order valence-corrected chi connectivity index (χ4v) is 1.17. The molecule has 2 heterocycles. The number of aromatic nitrogens is 4. The predicted molar refractivity (Wildman–Crippen MR) is 57.0 cm³/mol. The van der Waals surface area contributed by atoms with Gasteiger partial charge in [0.2, 0.25) is 5.95 Å². The van der Waals surface area contributed by atoms with E-state index in [1.54, 1.807) is 12.1 Å². The minimum atomic E-state index is -0.435. The van der Waals surface area contributed by atoms with E-state index in [2.05, 4.69) is 25.5 Å². The number of hydrogen-bond donors (Lipinski definition) is 1. The van der Waals surface area contributed by atoms with Gasteiger partial charge in [0.25, 0.3) is 5.91 Å². The quantitative estimate of drug-likeness (QED) is 0.791. The van der Waals surface area contributed by atoms with Crippen molar-refractivity contribution in [1.29, 1.82) is 0 Å². The number of rotatable bonds is 2. The summed E-state index contributed by atoms with van der Waals surface area (Å²) in [4.78, 5) is 19.3. The van der Waals surface area contributed by atoms with Gasteiger partial charge in [0.1, 0.15) is 10.8 Å². The maximum absolute atomic E-state index is 11.6. The van der Waals surface area contributed by atoms with Crippen LogP contribution in [0.3, 0.4) is 0 Å². The lowest BCUT2D eigenvalue weighted by Crippen LogP contribution is -2.15. The Kier molecular flexibility index (Phi) is 3.02. The molecule has 0 spiro atoms. The van der Waals surface area contributed by atoms with Gasteiger partial charge in [0.05, 0.1) is 12.4 Å². The van der Waals surface area contributed by atoms with E-state index in [-0.39, 0.29) is 16.8 Å². The first-order valence-electron chi connectivity index (χ1n) is 4.33. The van der Waals surface area contributed by atoms with Gasteiger partial charge in [-0.05, 0) is 12.1 Å². The SMILES string of the molecule is O=C(Nc1nccnn1)c1cccc(Cl)n1. The first-order valence-corrected chi connectivity index (χ1v) is 4.71. The van der Waals surface area contributed by atoms with Gasteiger partial charge in [-0.1, -0.05) is 17.7 Å². The Morgan fingerprint density at radius 1 is 1.31 bits per heavy atom. The Morgan fingerprint density at radius 3 is 2.88 bits per heavy atom. The van der Waals surface area contributed by atoms with Gasteiger partial charge in [-0.2, -0.15) is 5.10 Å². The number of hydrogen-bond acceptors (Lipinski definition) is 5. The average molecular weight is 236 g/mol. The minimum absolute atomic E-state index is 0.120. The van der Waals surface area contributed by atoms with Crippen LogP contribution in [0.2, 0.25) is 5.15 Å². The highest BCUT2D eigenvalue weighted by Crippen LogP contribution is 2.06. The summed E-state index contributed by atoms with van der Waals surface area (Å²) in [6.07, 6.45) is 2.83. The third-order valence-electron chi connectivity index (χ3n) is 1.66. The highest BCUT2D eigenvalue weighted by molar-refractivity contribution is 6.29. The van der Waals surface area contributed by atoms with Gasteiger partial charge in [0.15, 0.2) is 0 Å². The van der Waals surface area contributed by atoms with E-state index in [4.69, 9.17) is 11.6 Å². The zero-order valence-electron chi connectivity index (χ0n) is 7.96. The van der Waals surface area contributed by atoms with Crippen molar-refractivity contribution in [2.24, 2.45) is 0 Å². The summed E-state index contributed by atoms with van der Waals surface area (Å²) >= 11 is 5.66. The lowest BCUT2D eigenvalue weighted by atomic mass is 10.3. The highest BCUT2D eigenvalue weighted by atomic mass is 35.5. The molecular weight excluding hydrogens is 230 g/mol. The maximum atomic E-state index is 11.6. The summed E-state index contributed by atoms with van der Waals surface area (Å²) < 4.78 is 0. The average Bonchev–Trinajstić information content (AvgIpc) is 2.30. The zero-order chi connectivity index (χ0) is 11.4. The van der Waals surface area contributed by atoms with Crippen LogP contribution in [0.4, 0.5) is 5.95 Å². The normalized spacial score (nSPS) is 9.81. The van der Waals surface area contributed by atoms with Crippen LogP contribution in [-0.2, 0) is 0 Å². The minimum Gasteiger partial charge on any atom is -0.288 e. The van der Waals surface area contributed by atoms with Crippen molar-refractivity contribution in [2.45, 2.75) is 0 Å². The molecule has 0 saturated carbocycles. The van der Waals surface area contributed by atoms with Gasteiger partial charge in [-0.25, -0.2) is 9.97 Å². The van der Waals surface area contributed by atoms with Gasteiger partial charge >= 0.3 is 0 Å². The zero-order valence-corrected chi connectivity index (χ0v) is 8.72. The van der Waals surface area contributed by atoms with Gasteiger partial charge in [-0.15, -0.1) is 5.10 Å². The summed E-state index contributed by atoms with van der Waals surface area (Å²) in [6.45, 7) is 0. The number of nitrogens with one attached hydrogen (secondary N) is 1. The van der Waals surface area contributed by atoms with Gasteiger partial charge in [-0.3, -0.25) is 10.1 Å². The van der Waals surface area contributed by atoms with Crippen molar-refractivity contribution >= 4 is 23.5 Å². The summed E-state index contributed by atoms with van der Waals surface area (Å²) in [5.41, 5.74) is 0.194. The fourth-order valence-electron chi connectivity index (χ4n) is 1.01. The molecule has 0 saturated heterocycles. The van der Waals surface area contributed by atoms with E-state index in [0.717, 1.165) is 0 Å². The molecule has 2 aromatic heterocycles. The van der Waals surface area contributed by atoms with Crippen molar-refractivity contribution in [2.75, 3.05) is 5.32 Å². The predicted octanol–water partition coefficient (Wildman–Crippen LogP) is 1.17. The topological polar surface area (TPSA) is 80.7 Å². The lowest BCUT2D eigenvalue weighted by Gasteiger charge is -2.01. The number of carbonyl (C=O) groups is 1. The Labute approximate surface area is 95.7 Å². The van der Waals surface area contributed by atoms with Crippen molar-refractivity contribution in [3.63, 3.8) is 0 Å². The van der Waals surface area contributed by atoms with Crippen LogP contribution < -0.4 is 5.32 Å². The van der Waals surface area contributed by atoms with E-state index in [0.29, 0.717) is 0 Å². The van der Waals surface area contributed by atoms with Crippen LogP contribution in [0.15, 0.2) is 30.6 Å². The maximum Gasteiger partial charge on any atom is 0.276 e. The number of halogens is 1. The molecule has 1 amide bonds. The molecule has 1 N–H and O–H groups in total. The molecule has 0 aromatic carbocycles. The summed E-state index contributed by atoms with van der Waals surface area (Å²) in [6, 6.07) is 4.75. The van der Waals surface area contributed by atoms with E-state index in [1.807, 2.05) is 0 Å². The molecule has 0 atom stereocenters. The Hall–Kier alpha value is -2.08. The van der Waals surface area contributed by atoms with Gasteiger partial charge < -0.3 is 0 Å². The second-order valence-corrected chi connectivity index (χ2v) is 3.15. The van der Waals surface area contributed by atoms with Gasteiger partial charge in [0, 0.05) is 0 Å². The molecule has 6 nitrogen and oxygen atoms in total. The van der Waals surface area contributed by atoms with Crippen molar-refractivity contribution < 1.29 is 4.79 Å². The molecule has 0 fully saturated rings. The molecule has 0 aliphatic heterocycles. The Balaban J connectivity index is 2.15. The molecule has 0 unspecified atom stereocenters. The molecule has 2 rings (SSSR count). The van der Waals surface area contributed by atoms with E-state index >= 15 is 0 Å². The van der Waals surface area contributed by atoms with Crippen LogP contribution in [0.5, 0.6) is 0 Å². The number of anilines is 1. The fraction of sp³-hybridized carbons (Fsp3) is 0. The number of amides is 1. The molecule has 0 aliphatic rings. The smallest absolute Gasteiger partial charge is 0.276 e. The van der Waals surface area contributed by atoms with E-state index < -0.39 is 5.91 Å². The molecule has 0 aliphatic carbocycles. The molecule has 0 radical (unpaired) electrons. The molecular formula is C9H6ClN5O. The van der Waals surface area contributed by atoms with E-state index in [9.17, 15) is 4.79 Å². The van der Waals surface area contributed by atoms with Crippen LogP contribution in [0.25, 0.3) is 0 Å². The Morgan fingerprint density at radius 2 is 2.19 bits per heavy atom. The number of pyridine rings is 1. The number of carbonyl (C=O) groups excluding carboxylic acids is 1. The van der Waals surface area contributed by atoms with Crippen LogP contribution in [-0.4, -0.2) is 26.1 Å². The van der Waals surface area contributed by atoms with Crippen LogP contribution in [0, 0.1) is 0 Å². The first-order chi connectivity index (χ1) is 7.75. The molecule has 7 heteroatoms. The monoisotopic (exact) mass is 235 g/mol. The van der Waals surface area contributed by atoms with Crippen molar-refractivity contribution in [3.05, 3.63) is 41.4 Å². The third-order valence-corrected chi connectivity index (χ3v) is 1.87. The third kappa shape index (κ3) is 2.48. The van der Waals surface area contributed by atoms with Crippen molar-refractivity contribution in [3.8, 4) is 0 Å². The second kappa shape index (κ2) is 4.63. The second-order valence-electron chi connectivity index (χ2n) is 2.77. The molecule has 80 valence electrons. The molecule has 0 bridgehead atoms. The lowest BCUT2D eigenvalue weighted by molar-refractivity contribution is 0.102. The van der Waals surface area contributed by atoms with Crippen LogP contribution in [0.1, 0.15) is 10.5 Å². The highest BCUT2D eigenvalue weighted by Gasteiger charge is 2.09. The standard InChI is InChI=1S/C9H6ClN5O/c10-7-3-1-2-6(13-7)8(16)14-9-11-4-5-12-15-9/h1-5H,(H,11,14,15,16). The van der Waals surface area contributed by atoms with Crippen LogP contribution >= 0.6 is 11.6 Å². The summed E-state index contributed by atoms with van der Waals surface area (Å²) in [7, 11) is 0. The van der Waals surface area contributed by atoms with E-state index in [1.165, 1.54) is 18.5 Å². The van der Waals surface area contributed by atoms with Crippen molar-refractivity contribution in [1.82, 2.24) is 20.2 Å².